The van der Waals surface area contributed by atoms with Crippen molar-refractivity contribution in [3.05, 3.63) is 0 Å². The van der Waals surface area contributed by atoms with E-state index in [0.717, 1.165) is 12.2 Å². The van der Waals surface area contributed by atoms with E-state index >= 15 is 0 Å². The first kappa shape index (κ1) is 19.7. The largest absolute Gasteiger partial charge is 0.471 e. The molecule has 12 heteroatoms. The Morgan fingerprint density at radius 3 is 1.88 bits per heavy atom. The lowest BCUT2D eigenvalue weighted by Gasteiger charge is -2.14. The molecular weight excluding hydrogens is 341 g/mol. The Morgan fingerprint density at radius 2 is 1.46 bits per heavy atom. The Kier molecular flexibility index (Phi) is 6.95. The summed E-state index contributed by atoms with van der Waals surface area (Å²) >= 11 is 0. The van der Waals surface area contributed by atoms with Gasteiger partial charge >= 0.3 is 24.3 Å². The van der Waals surface area contributed by atoms with E-state index in [1.165, 1.54) is 0 Å². The first-order valence-electron chi connectivity index (χ1n) is 6.72. The summed E-state index contributed by atoms with van der Waals surface area (Å²) in [6.07, 6.45) is -7.92. The summed E-state index contributed by atoms with van der Waals surface area (Å²) in [6.45, 7) is 0.622. The number of carbonyl (C=O) groups excluding carboxylic acids is 4. The molecule has 0 bridgehead atoms. The maximum atomic E-state index is 11.9. The Hall–Kier alpha value is -2.37. The highest BCUT2D eigenvalue weighted by molar-refractivity contribution is 5.94. The molecule has 24 heavy (non-hydrogen) atoms. The van der Waals surface area contributed by atoms with Crippen LogP contribution in [0.5, 0.6) is 0 Å². The highest BCUT2D eigenvalue weighted by Gasteiger charge is 2.40. The normalized spacial score (nSPS) is 20.2. The molecule has 4 amide bonds. The van der Waals surface area contributed by atoms with Gasteiger partial charge in [0.1, 0.15) is 13.2 Å². The monoisotopic (exact) mass is 356 g/mol. The van der Waals surface area contributed by atoms with Crippen LogP contribution in [0.25, 0.3) is 0 Å². The molecular formula is C12H15F3N2O7. The molecule has 0 saturated carbocycles. The first-order chi connectivity index (χ1) is 11.1. The summed E-state index contributed by atoms with van der Waals surface area (Å²) in [5, 5.41) is 2.91. The van der Waals surface area contributed by atoms with Crippen molar-refractivity contribution in [1.82, 2.24) is 10.6 Å². The number of hydrogen-bond donors (Lipinski definition) is 2. The van der Waals surface area contributed by atoms with E-state index in [-0.39, 0.29) is 13.2 Å². The molecule has 0 radical (unpaired) electrons. The van der Waals surface area contributed by atoms with Crippen LogP contribution in [0.15, 0.2) is 0 Å². The number of amides is 4. The molecule has 2 atom stereocenters. The number of nitrogens with one attached hydrogen (secondary N) is 2. The van der Waals surface area contributed by atoms with Crippen LogP contribution >= 0.6 is 0 Å². The van der Waals surface area contributed by atoms with Gasteiger partial charge in [-0.1, -0.05) is 0 Å². The summed E-state index contributed by atoms with van der Waals surface area (Å²) in [4.78, 5) is 43.2. The average molecular weight is 356 g/mol. The summed E-state index contributed by atoms with van der Waals surface area (Å²) in [7, 11) is 0. The van der Waals surface area contributed by atoms with Gasteiger partial charge in [-0.25, -0.2) is 9.59 Å². The van der Waals surface area contributed by atoms with Crippen molar-refractivity contribution in [3.63, 3.8) is 0 Å². The van der Waals surface area contributed by atoms with Crippen molar-refractivity contribution in [2.75, 3.05) is 13.2 Å². The standard InChI is InChI=1S/C12H15F3N2O7/c1-6(18)16-10(20)22-4-7-2-3-8(24-7)5-23-11(21)17-9(19)12(13,14)15/h7-8H,2-5H2,1H3,(H,16,18,20)(H,17,19,21)/t7-,8-/m0/s1. The van der Waals surface area contributed by atoms with Crippen LogP contribution < -0.4 is 10.6 Å². The minimum atomic E-state index is -5.19. The Balaban J connectivity index is 2.23. The van der Waals surface area contributed by atoms with Crippen LogP contribution in [-0.4, -0.2) is 55.6 Å². The Morgan fingerprint density at radius 1 is 1.00 bits per heavy atom. The van der Waals surface area contributed by atoms with Crippen LogP contribution in [0.3, 0.4) is 0 Å². The number of rotatable bonds is 4. The van der Waals surface area contributed by atoms with Gasteiger partial charge in [0.25, 0.3) is 0 Å². The second kappa shape index (κ2) is 8.47. The number of alkyl carbamates (subject to hydrolysis) is 2. The lowest BCUT2D eigenvalue weighted by molar-refractivity contribution is -0.172. The van der Waals surface area contributed by atoms with Gasteiger partial charge in [0.05, 0.1) is 12.2 Å². The van der Waals surface area contributed by atoms with Gasteiger partial charge in [-0.15, -0.1) is 0 Å². The van der Waals surface area contributed by atoms with E-state index in [4.69, 9.17) is 9.47 Å². The van der Waals surface area contributed by atoms with Crippen molar-refractivity contribution in [3.8, 4) is 0 Å². The summed E-state index contributed by atoms with van der Waals surface area (Å²) in [6, 6.07) is 0. The Labute approximate surface area is 133 Å². The molecule has 0 aromatic rings. The number of carbonyl (C=O) groups is 4. The van der Waals surface area contributed by atoms with Crippen molar-refractivity contribution in [1.29, 1.82) is 0 Å². The fourth-order valence-corrected chi connectivity index (χ4v) is 1.74. The minimum absolute atomic E-state index is 0.144. The van der Waals surface area contributed by atoms with Crippen LogP contribution in [-0.2, 0) is 23.8 Å². The fourth-order valence-electron chi connectivity index (χ4n) is 1.74. The van der Waals surface area contributed by atoms with Crippen molar-refractivity contribution < 1.29 is 46.6 Å². The molecule has 0 unspecified atom stereocenters. The summed E-state index contributed by atoms with van der Waals surface area (Å²) in [5.41, 5.74) is 0. The number of hydrogen-bond acceptors (Lipinski definition) is 7. The lowest BCUT2D eigenvalue weighted by atomic mass is 10.2. The average Bonchev–Trinajstić information content (AvgIpc) is 2.89. The molecule has 1 saturated heterocycles. The molecule has 0 aliphatic carbocycles. The fraction of sp³-hybridized carbons (Fsp3) is 0.667. The molecule has 1 aliphatic rings. The van der Waals surface area contributed by atoms with Crippen LogP contribution in [0.2, 0.25) is 0 Å². The molecule has 2 N–H and O–H groups in total. The third kappa shape index (κ3) is 7.26. The van der Waals surface area contributed by atoms with Crippen molar-refractivity contribution in [2.45, 2.75) is 38.1 Å². The van der Waals surface area contributed by atoms with Gasteiger partial charge in [0.2, 0.25) is 5.91 Å². The van der Waals surface area contributed by atoms with E-state index in [0.29, 0.717) is 12.8 Å². The van der Waals surface area contributed by atoms with Gasteiger partial charge in [0, 0.05) is 6.92 Å². The Bertz CT molecular complexity index is 509. The number of imide groups is 2. The van der Waals surface area contributed by atoms with Crippen molar-refractivity contribution in [2.24, 2.45) is 0 Å². The molecule has 0 aromatic carbocycles. The number of alkyl halides is 3. The zero-order valence-electron chi connectivity index (χ0n) is 12.5. The minimum Gasteiger partial charge on any atom is -0.446 e. The number of ether oxygens (including phenoxy) is 3. The number of halogens is 3. The summed E-state index contributed by atoms with van der Waals surface area (Å²) < 4.78 is 50.3. The third-order valence-electron chi connectivity index (χ3n) is 2.75. The van der Waals surface area contributed by atoms with E-state index in [2.05, 4.69) is 4.74 Å². The van der Waals surface area contributed by atoms with Crippen LogP contribution in [0.1, 0.15) is 19.8 Å². The lowest BCUT2D eigenvalue weighted by Crippen LogP contribution is -2.41. The van der Waals surface area contributed by atoms with Gasteiger partial charge in [-0.05, 0) is 12.8 Å². The molecule has 1 heterocycles. The molecule has 1 fully saturated rings. The first-order valence-corrected chi connectivity index (χ1v) is 6.72. The van der Waals surface area contributed by atoms with Gasteiger partial charge in [-0.2, -0.15) is 13.2 Å². The van der Waals surface area contributed by atoms with Gasteiger partial charge in [0.15, 0.2) is 0 Å². The quantitative estimate of drug-likeness (QED) is 0.758. The molecule has 0 spiro atoms. The third-order valence-corrected chi connectivity index (χ3v) is 2.75. The molecule has 9 nitrogen and oxygen atoms in total. The van der Waals surface area contributed by atoms with Crippen LogP contribution in [0, 0.1) is 0 Å². The SMILES string of the molecule is CC(=O)NC(=O)OC[C@@H]1CC[C@@H](COC(=O)NC(=O)C(F)(F)F)O1. The van der Waals surface area contributed by atoms with Gasteiger partial charge < -0.3 is 14.2 Å². The second-order valence-corrected chi connectivity index (χ2v) is 4.79. The second-order valence-electron chi connectivity index (χ2n) is 4.79. The zero-order valence-corrected chi connectivity index (χ0v) is 12.5. The molecule has 1 aliphatic heterocycles. The highest BCUT2D eigenvalue weighted by atomic mass is 19.4. The highest BCUT2D eigenvalue weighted by Crippen LogP contribution is 2.20. The molecule has 0 aromatic heterocycles. The molecule has 1 rings (SSSR count). The maximum absolute atomic E-state index is 11.9. The topological polar surface area (TPSA) is 120 Å². The smallest absolute Gasteiger partial charge is 0.446 e. The van der Waals surface area contributed by atoms with E-state index in [9.17, 15) is 32.3 Å². The predicted octanol–water partition coefficient (Wildman–Crippen LogP) is 0.622. The summed E-state index contributed by atoms with van der Waals surface area (Å²) in [5.74, 6) is -3.01. The van der Waals surface area contributed by atoms with E-state index < -0.39 is 42.4 Å². The van der Waals surface area contributed by atoms with E-state index in [1.54, 1.807) is 0 Å². The predicted molar refractivity (Wildman–Crippen MR) is 68.6 cm³/mol. The van der Waals surface area contributed by atoms with Crippen LogP contribution in [0.4, 0.5) is 22.8 Å². The maximum Gasteiger partial charge on any atom is 0.471 e. The zero-order chi connectivity index (χ0) is 18.3. The molecule has 136 valence electrons. The van der Waals surface area contributed by atoms with Crippen molar-refractivity contribution >= 4 is 24.0 Å². The van der Waals surface area contributed by atoms with Gasteiger partial charge in [-0.3, -0.25) is 20.2 Å². The van der Waals surface area contributed by atoms with E-state index in [1.807, 2.05) is 5.32 Å².